The molecule has 0 radical (unpaired) electrons. The quantitative estimate of drug-likeness (QED) is 0.899. The highest BCUT2D eigenvalue weighted by atomic mass is 35.5. The van der Waals surface area contributed by atoms with Crippen LogP contribution in [0.2, 0.25) is 5.02 Å². The summed E-state index contributed by atoms with van der Waals surface area (Å²) < 4.78 is 49.9. The topological polar surface area (TPSA) is 81.4 Å². The molecule has 1 saturated carbocycles. The number of rotatable bonds is 5. The van der Waals surface area contributed by atoms with Crippen LogP contribution in [0.25, 0.3) is 0 Å². The van der Waals surface area contributed by atoms with Crippen LogP contribution in [0.4, 0.5) is 10.1 Å². The molecule has 0 amide bonds. The third-order valence-electron chi connectivity index (χ3n) is 3.25. The maximum absolute atomic E-state index is 13.1. The van der Waals surface area contributed by atoms with E-state index in [-0.39, 0.29) is 22.4 Å². The Bertz CT molecular complexity index is 817. The Hall–Kier alpha value is -1.80. The summed E-state index contributed by atoms with van der Waals surface area (Å²) in [7, 11) is -2.78. The molecule has 0 spiro atoms. The number of anilines is 1. The predicted molar refractivity (Wildman–Crippen MR) is 77.2 cm³/mol. The molecular formula is C13H12ClFN2O4S. The van der Waals surface area contributed by atoms with Crippen LogP contribution in [0.5, 0.6) is 5.75 Å². The molecule has 0 bridgehead atoms. The second-order valence-electron chi connectivity index (χ2n) is 4.89. The molecule has 1 aliphatic carbocycles. The van der Waals surface area contributed by atoms with Crippen LogP contribution in [-0.4, -0.2) is 20.7 Å². The van der Waals surface area contributed by atoms with Gasteiger partial charge in [-0.1, -0.05) is 16.8 Å². The number of ether oxygens (including phenoxy) is 1. The fourth-order valence-corrected chi connectivity index (χ4v) is 3.55. The minimum absolute atomic E-state index is 0.0175. The van der Waals surface area contributed by atoms with Gasteiger partial charge in [-0.15, -0.1) is 0 Å². The molecule has 1 N–H and O–H groups in total. The first-order valence-corrected chi connectivity index (χ1v) is 8.30. The number of nitrogens with one attached hydrogen (secondary N) is 1. The molecule has 0 saturated heterocycles. The van der Waals surface area contributed by atoms with Gasteiger partial charge in [0.1, 0.15) is 22.3 Å². The summed E-state index contributed by atoms with van der Waals surface area (Å²) in [5, 5.41) is 3.25. The summed E-state index contributed by atoms with van der Waals surface area (Å²) in [6, 6.07) is 3.42. The molecule has 9 heteroatoms. The van der Waals surface area contributed by atoms with Gasteiger partial charge in [-0.2, -0.15) is 8.42 Å². The monoisotopic (exact) mass is 346 g/mol. The lowest BCUT2D eigenvalue weighted by Gasteiger charge is -2.10. The molecule has 1 aromatic heterocycles. The second kappa shape index (κ2) is 5.44. The van der Waals surface area contributed by atoms with E-state index in [1.807, 2.05) is 0 Å². The first-order chi connectivity index (χ1) is 10.4. The summed E-state index contributed by atoms with van der Waals surface area (Å²) >= 11 is 6.04. The van der Waals surface area contributed by atoms with E-state index in [0.717, 1.165) is 25.0 Å². The average Bonchev–Trinajstić information content (AvgIpc) is 3.23. The SMILES string of the molecule is COc1cc(F)ccc1NS(=O)(=O)c1onc(C2CC2)c1Cl. The fraction of sp³-hybridized carbons (Fsp3) is 0.308. The van der Waals surface area contributed by atoms with Gasteiger partial charge >= 0.3 is 0 Å². The molecule has 0 aliphatic heterocycles. The Morgan fingerprint density at radius 3 is 2.82 bits per heavy atom. The smallest absolute Gasteiger partial charge is 0.299 e. The molecule has 0 atom stereocenters. The number of hydrogen-bond acceptors (Lipinski definition) is 5. The minimum atomic E-state index is -4.09. The third kappa shape index (κ3) is 2.76. The van der Waals surface area contributed by atoms with Crippen LogP contribution in [0.15, 0.2) is 27.8 Å². The molecule has 1 aromatic carbocycles. The Morgan fingerprint density at radius 1 is 1.45 bits per heavy atom. The van der Waals surface area contributed by atoms with Crippen LogP contribution in [0, 0.1) is 5.82 Å². The van der Waals surface area contributed by atoms with E-state index in [9.17, 15) is 12.8 Å². The molecule has 1 aliphatic rings. The molecule has 2 aromatic rings. The molecule has 3 rings (SSSR count). The second-order valence-corrected chi connectivity index (χ2v) is 6.85. The molecule has 6 nitrogen and oxygen atoms in total. The molecular weight excluding hydrogens is 335 g/mol. The Labute approximate surface area is 131 Å². The van der Waals surface area contributed by atoms with E-state index < -0.39 is 20.9 Å². The van der Waals surface area contributed by atoms with Gasteiger partial charge < -0.3 is 9.26 Å². The highest BCUT2D eigenvalue weighted by molar-refractivity contribution is 7.92. The molecule has 22 heavy (non-hydrogen) atoms. The number of nitrogens with zero attached hydrogens (tertiary/aromatic N) is 1. The van der Waals surface area contributed by atoms with Gasteiger partial charge in [0.05, 0.1) is 12.8 Å². The van der Waals surface area contributed by atoms with Crippen molar-refractivity contribution in [2.45, 2.75) is 23.9 Å². The number of hydrogen-bond donors (Lipinski definition) is 1. The summed E-state index contributed by atoms with van der Waals surface area (Å²) in [5.41, 5.74) is 0.525. The van der Waals surface area contributed by atoms with Crippen LogP contribution in [0.1, 0.15) is 24.5 Å². The third-order valence-corrected chi connectivity index (χ3v) is 4.98. The Balaban J connectivity index is 1.94. The van der Waals surface area contributed by atoms with Gasteiger partial charge in [0.2, 0.25) is 0 Å². The largest absolute Gasteiger partial charge is 0.494 e. The predicted octanol–water partition coefficient (Wildman–Crippen LogP) is 3.15. The molecule has 118 valence electrons. The number of sulfonamides is 1. The first-order valence-electron chi connectivity index (χ1n) is 6.44. The van der Waals surface area contributed by atoms with Crippen LogP contribution < -0.4 is 9.46 Å². The van der Waals surface area contributed by atoms with Crippen molar-refractivity contribution in [3.63, 3.8) is 0 Å². The van der Waals surface area contributed by atoms with E-state index in [2.05, 4.69) is 9.88 Å². The van der Waals surface area contributed by atoms with E-state index in [1.54, 1.807) is 0 Å². The van der Waals surface area contributed by atoms with Crippen LogP contribution >= 0.6 is 11.6 Å². The van der Waals surface area contributed by atoms with E-state index >= 15 is 0 Å². The van der Waals surface area contributed by atoms with Crippen molar-refractivity contribution in [2.24, 2.45) is 0 Å². The average molecular weight is 347 g/mol. The zero-order valence-electron chi connectivity index (χ0n) is 11.5. The molecule has 0 unspecified atom stereocenters. The zero-order valence-corrected chi connectivity index (χ0v) is 13.0. The van der Waals surface area contributed by atoms with Gasteiger partial charge in [0.15, 0.2) is 0 Å². The molecule has 1 heterocycles. The summed E-state index contributed by atoms with van der Waals surface area (Å²) in [4.78, 5) is 0. The van der Waals surface area contributed by atoms with Crippen molar-refractivity contribution in [1.82, 2.24) is 5.16 Å². The van der Waals surface area contributed by atoms with Crippen molar-refractivity contribution in [3.05, 3.63) is 34.7 Å². The number of aromatic nitrogens is 1. The normalized spacial score (nSPS) is 14.9. The van der Waals surface area contributed by atoms with Crippen LogP contribution in [-0.2, 0) is 10.0 Å². The maximum Gasteiger partial charge on any atom is 0.299 e. The van der Waals surface area contributed by atoms with Crippen molar-refractivity contribution >= 4 is 27.3 Å². The summed E-state index contributed by atoms with van der Waals surface area (Å²) in [5.74, 6) is -0.351. The van der Waals surface area contributed by atoms with Gasteiger partial charge in [-0.3, -0.25) is 4.72 Å². The van der Waals surface area contributed by atoms with Gasteiger partial charge in [-0.25, -0.2) is 4.39 Å². The van der Waals surface area contributed by atoms with E-state index in [4.69, 9.17) is 20.9 Å². The Kier molecular flexibility index (Phi) is 3.73. The number of methoxy groups -OCH3 is 1. The maximum atomic E-state index is 13.1. The number of benzene rings is 1. The molecule has 1 fully saturated rings. The summed E-state index contributed by atoms with van der Waals surface area (Å²) in [6.07, 6.45) is 1.82. The van der Waals surface area contributed by atoms with Crippen LogP contribution in [0.3, 0.4) is 0 Å². The Morgan fingerprint density at radius 2 is 2.18 bits per heavy atom. The minimum Gasteiger partial charge on any atom is -0.494 e. The van der Waals surface area contributed by atoms with E-state index in [1.165, 1.54) is 13.2 Å². The van der Waals surface area contributed by atoms with Crippen molar-refractivity contribution in [2.75, 3.05) is 11.8 Å². The van der Waals surface area contributed by atoms with Crippen molar-refractivity contribution in [3.8, 4) is 5.75 Å². The zero-order chi connectivity index (χ0) is 15.9. The fourth-order valence-electron chi connectivity index (χ4n) is 1.99. The lowest BCUT2D eigenvalue weighted by atomic mass is 10.3. The highest BCUT2D eigenvalue weighted by Crippen LogP contribution is 2.44. The van der Waals surface area contributed by atoms with Crippen molar-refractivity contribution < 1.29 is 22.1 Å². The lowest BCUT2D eigenvalue weighted by molar-refractivity contribution is 0.335. The van der Waals surface area contributed by atoms with Gasteiger partial charge in [-0.05, 0) is 25.0 Å². The standard InChI is InChI=1S/C13H12ClFN2O4S/c1-20-10-6-8(15)4-5-9(10)17-22(18,19)13-11(14)12(16-21-13)7-2-3-7/h4-7,17H,2-3H2,1H3. The summed E-state index contributed by atoms with van der Waals surface area (Å²) in [6.45, 7) is 0. The number of halogens is 2. The van der Waals surface area contributed by atoms with Crippen molar-refractivity contribution in [1.29, 1.82) is 0 Å². The van der Waals surface area contributed by atoms with Gasteiger partial charge in [0, 0.05) is 12.0 Å². The lowest BCUT2D eigenvalue weighted by Crippen LogP contribution is -2.13. The first kappa shape index (κ1) is 15.1. The highest BCUT2D eigenvalue weighted by Gasteiger charge is 2.35. The van der Waals surface area contributed by atoms with Gasteiger partial charge in [0.25, 0.3) is 15.1 Å². The van der Waals surface area contributed by atoms with E-state index in [0.29, 0.717) is 5.69 Å².